The maximum absolute atomic E-state index is 12.0. The van der Waals surface area contributed by atoms with Crippen LogP contribution in [0.4, 0.5) is 0 Å². The van der Waals surface area contributed by atoms with Gasteiger partial charge in [-0.05, 0) is 25.7 Å². The number of rotatable bonds is 6. The fourth-order valence-corrected chi connectivity index (χ4v) is 2.75. The molecule has 2 aliphatic rings. The van der Waals surface area contributed by atoms with Gasteiger partial charge < -0.3 is 20.5 Å². The first kappa shape index (κ1) is 17.7. The molecule has 0 aromatic carbocycles. The van der Waals surface area contributed by atoms with Crippen LogP contribution in [-0.4, -0.2) is 43.9 Å². The van der Waals surface area contributed by atoms with Crippen molar-refractivity contribution < 1.29 is 14.3 Å². The van der Waals surface area contributed by atoms with Crippen LogP contribution in [0.3, 0.4) is 0 Å². The Morgan fingerprint density at radius 3 is 2.75 bits per heavy atom. The monoisotopic (exact) mass is 306 g/mol. The Balaban J connectivity index is 0.00000200. The summed E-state index contributed by atoms with van der Waals surface area (Å²) >= 11 is 0. The summed E-state index contributed by atoms with van der Waals surface area (Å²) in [6.07, 6.45) is 7.02. The minimum absolute atomic E-state index is 0. The van der Waals surface area contributed by atoms with E-state index in [1.165, 1.54) is 6.42 Å². The van der Waals surface area contributed by atoms with Crippen LogP contribution in [0, 0.1) is 0 Å². The number of hydrogen-bond acceptors (Lipinski definition) is 4. The number of halogens is 1. The normalized spacial score (nSPS) is 24.9. The van der Waals surface area contributed by atoms with E-state index in [-0.39, 0.29) is 24.4 Å². The molecule has 1 aliphatic heterocycles. The van der Waals surface area contributed by atoms with Gasteiger partial charge >= 0.3 is 0 Å². The second kappa shape index (κ2) is 8.82. The SMILES string of the molecule is Cl.NC1(C(=O)NCCCOC2CCOC2)CCCCC1. The number of carbonyl (C=O) groups excluding carboxylic acids is 1. The predicted molar refractivity (Wildman–Crippen MR) is 80.1 cm³/mol. The van der Waals surface area contributed by atoms with E-state index in [0.717, 1.165) is 45.1 Å². The molecule has 2 fully saturated rings. The molecule has 0 aromatic heterocycles. The third-order valence-electron chi connectivity index (χ3n) is 4.05. The lowest BCUT2D eigenvalue weighted by atomic mass is 9.82. The molecule has 3 N–H and O–H groups in total. The molecular formula is C14H27ClN2O3. The number of nitrogens with one attached hydrogen (secondary N) is 1. The highest BCUT2D eigenvalue weighted by Crippen LogP contribution is 2.25. The van der Waals surface area contributed by atoms with E-state index in [1.54, 1.807) is 0 Å². The third-order valence-corrected chi connectivity index (χ3v) is 4.05. The first-order valence-electron chi connectivity index (χ1n) is 7.47. The highest BCUT2D eigenvalue weighted by Gasteiger charge is 2.34. The molecule has 0 spiro atoms. The van der Waals surface area contributed by atoms with Crippen LogP contribution in [0.5, 0.6) is 0 Å². The molecule has 2 rings (SSSR count). The number of hydrogen-bond donors (Lipinski definition) is 2. The van der Waals surface area contributed by atoms with E-state index in [9.17, 15) is 4.79 Å². The molecule has 0 bridgehead atoms. The Hall–Kier alpha value is -0.360. The lowest BCUT2D eigenvalue weighted by Gasteiger charge is -2.31. The first-order chi connectivity index (χ1) is 9.21. The minimum atomic E-state index is -0.627. The standard InChI is InChI=1S/C14H26N2O3.ClH/c15-14(6-2-1-3-7-14)13(17)16-8-4-9-19-12-5-10-18-11-12;/h12H,1-11,15H2,(H,16,17);1H. The van der Waals surface area contributed by atoms with Crippen LogP contribution in [0.1, 0.15) is 44.9 Å². The van der Waals surface area contributed by atoms with Crippen LogP contribution in [0.25, 0.3) is 0 Å². The van der Waals surface area contributed by atoms with Crippen molar-refractivity contribution in [2.75, 3.05) is 26.4 Å². The Bertz CT molecular complexity index is 290. The molecule has 5 nitrogen and oxygen atoms in total. The molecule has 1 saturated heterocycles. The Morgan fingerprint density at radius 1 is 1.35 bits per heavy atom. The first-order valence-corrected chi connectivity index (χ1v) is 7.47. The van der Waals surface area contributed by atoms with Gasteiger partial charge in [-0.25, -0.2) is 0 Å². The van der Waals surface area contributed by atoms with Gasteiger partial charge in [0.15, 0.2) is 0 Å². The van der Waals surface area contributed by atoms with E-state index >= 15 is 0 Å². The molecule has 1 aliphatic carbocycles. The van der Waals surface area contributed by atoms with Gasteiger partial charge in [0.05, 0.1) is 18.2 Å². The maximum atomic E-state index is 12.0. The molecule has 1 saturated carbocycles. The minimum Gasteiger partial charge on any atom is -0.379 e. The van der Waals surface area contributed by atoms with Gasteiger partial charge in [0.25, 0.3) is 0 Å². The summed E-state index contributed by atoms with van der Waals surface area (Å²) in [6.45, 7) is 2.83. The van der Waals surface area contributed by atoms with Crippen molar-refractivity contribution in [1.29, 1.82) is 0 Å². The van der Waals surface area contributed by atoms with Gasteiger partial charge in [0.2, 0.25) is 5.91 Å². The van der Waals surface area contributed by atoms with Crippen LogP contribution in [-0.2, 0) is 14.3 Å². The molecule has 1 atom stereocenters. The Labute approximate surface area is 127 Å². The fourth-order valence-electron chi connectivity index (χ4n) is 2.75. The van der Waals surface area contributed by atoms with Crippen molar-refractivity contribution >= 4 is 18.3 Å². The van der Waals surface area contributed by atoms with Gasteiger partial charge in [-0.1, -0.05) is 19.3 Å². The smallest absolute Gasteiger partial charge is 0.240 e. The summed E-state index contributed by atoms with van der Waals surface area (Å²) in [6, 6.07) is 0. The van der Waals surface area contributed by atoms with E-state index in [2.05, 4.69) is 5.32 Å². The van der Waals surface area contributed by atoms with Gasteiger partial charge in [-0.2, -0.15) is 0 Å². The average Bonchev–Trinajstić information content (AvgIpc) is 2.92. The number of ether oxygens (including phenoxy) is 2. The van der Waals surface area contributed by atoms with Crippen LogP contribution in [0.15, 0.2) is 0 Å². The second-order valence-corrected chi connectivity index (χ2v) is 5.68. The highest BCUT2D eigenvalue weighted by atomic mass is 35.5. The summed E-state index contributed by atoms with van der Waals surface area (Å²) in [4.78, 5) is 12.0. The van der Waals surface area contributed by atoms with Gasteiger partial charge in [0, 0.05) is 19.8 Å². The summed E-state index contributed by atoms with van der Waals surface area (Å²) in [7, 11) is 0. The van der Waals surface area contributed by atoms with Crippen molar-refractivity contribution in [2.45, 2.75) is 56.6 Å². The molecule has 6 heteroatoms. The quantitative estimate of drug-likeness (QED) is 0.727. The van der Waals surface area contributed by atoms with E-state index < -0.39 is 5.54 Å². The molecule has 20 heavy (non-hydrogen) atoms. The van der Waals surface area contributed by atoms with E-state index in [1.807, 2.05) is 0 Å². The van der Waals surface area contributed by atoms with Gasteiger partial charge in [-0.15, -0.1) is 12.4 Å². The van der Waals surface area contributed by atoms with Crippen molar-refractivity contribution in [1.82, 2.24) is 5.32 Å². The lowest BCUT2D eigenvalue weighted by Crippen LogP contribution is -2.55. The van der Waals surface area contributed by atoms with Crippen molar-refractivity contribution in [3.05, 3.63) is 0 Å². The van der Waals surface area contributed by atoms with E-state index in [4.69, 9.17) is 15.2 Å². The second-order valence-electron chi connectivity index (χ2n) is 5.68. The van der Waals surface area contributed by atoms with Crippen LogP contribution < -0.4 is 11.1 Å². The number of amides is 1. The van der Waals surface area contributed by atoms with Crippen molar-refractivity contribution in [2.24, 2.45) is 5.73 Å². The number of nitrogens with two attached hydrogens (primary N) is 1. The Kier molecular flexibility index (Phi) is 7.80. The van der Waals surface area contributed by atoms with Crippen molar-refractivity contribution in [3.8, 4) is 0 Å². The summed E-state index contributed by atoms with van der Waals surface area (Å²) in [5.41, 5.74) is 5.53. The molecule has 0 aromatic rings. The summed E-state index contributed by atoms with van der Waals surface area (Å²) < 4.78 is 10.9. The zero-order chi connectivity index (χ0) is 13.6. The fraction of sp³-hybridized carbons (Fsp3) is 0.929. The third kappa shape index (κ3) is 5.20. The van der Waals surface area contributed by atoms with Crippen LogP contribution >= 0.6 is 12.4 Å². The zero-order valence-corrected chi connectivity index (χ0v) is 12.9. The molecule has 1 amide bonds. The average molecular weight is 307 g/mol. The predicted octanol–water partition coefficient (Wildman–Crippen LogP) is 1.38. The maximum Gasteiger partial charge on any atom is 0.240 e. The molecule has 1 heterocycles. The molecule has 118 valence electrons. The molecule has 0 radical (unpaired) electrons. The zero-order valence-electron chi connectivity index (χ0n) is 12.1. The van der Waals surface area contributed by atoms with E-state index in [0.29, 0.717) is 19.8 Å². The topological polar surface area (TPSA) is 73.6 Å². The highest BCUT2D eigenvalue weighted by molar-refractivity contribution is 5.86. The number of carbonyl (C=O) groups is 1. The summed E-state index contributed by atoms with van der Waals surface area (Å²) in [5.74, 6) is 0.0106. The lowest BCUT2D eigenvalue weighted by molar-refractivity contribution is -0.127. The molecular weight excluding hydrogens is 280 g/mol. The van der Waals surface area contributed by atoms with Crippen LogP contribution in [0.2, 0.25) is 0 Å². The van der Waals surface area contributed by atoms with Crippen molar-refractivity contribution in [3.63, 3.8) is 0 Å². The largest absolute Gasteiger partial charge is 0.379 e. The van der Waals surface area contributed by atoms with Gasteiger partial charge in [-0.3, -0.25) is 4.79 Å². The summed E-state index contributed by atoms with van der Waals surface area (Å²) in [5, 5.41) is 2.94. The van der Waals surface area contributed by atoms with Gasteiger partial charge in [0.1, 0.15) is 0 Å². The Morgan fingerprint density at radius 2 is 2.10 bits per heavy atom. The molecule has 1 unspecified atom stereocenters.